The molecule has 0 atom stereocenters. The lowest BCUT2D eigenvalue weighted by molar-refractivity contribution is 0.469. The molecule has 0 heteroatoms. The summed E-state index contributed by atoms with van der Waals surface area (Å²) in [5.41, 5.74) is 0. The third kappa shape index (κ3) is 46.1. The highest BCUT2D eigenvalue weighted by atomic mass is 14.0. The Labute approximate surface area is 125 Å². The number of unbranched alkanes of at least 4 members (excludes halogenated alkanes) is 2. The monoisotopic (exact) mass is 272 g/mol. The molecule has 0 aromatic rings. The van der Waals surface area contributed by atoms with Gasteiger partial charge < -0.3 is 0 Å². The summed E-state index contributed by atoms with van der Waals surface area (Å²) >= 11 is 0. The van der Waals surface area contributed by atoms with Crippen molar-refractivity contribution >= 4 is 0 Å². The summed E-state index contributed by atoms with van der Waals surface area (Å²) in [5, 5.41) is 0. The standard InChI is InChI=1S/2C7H16.C5H12/c2*1-6(2)5-7(3)4;1-3-5-4-2/h2*6-7H,5H2,1-4H3;3-5H2,1-2H3. The first kappa shape index (κ1) is 24.0. The molecule has 0 aromatic carbocycles. The lowest BCUT2D eigenvalue weighted by Crippen LogP contribution is -1.93. The Morgan fingerprint density at radius 1 is 0.474 bits per heavy atom. The number of hydrogen-bond donors (Lipinski definition) is 0. The van der Waals surface area contributed by atoms with Gasteiger partial charge in [-0.25, -0.2) is 0 Å². The Balaban J connectivity index is -0.000000206. The average Bonchev–Trinajstić information content (AvgIpc) is 2.15. The fourth-order valence-corrected chi connectivity index (χ4v) is 2.24. The van der Waals surface area contributed by atoms with Gasteiger partial charge in [-0.05, 0) is 36.5 Å². The molecule has 0 amide bonds. The summed E-state index contributed by atoms with van der Waals surface area (Å²) in [6.45, 7) is 22.5. The third-order valence-corrected chi connectivity index (χ3v) is 2.59. The van der Waals surface area contributed by atoms with Crippen LogP contribution in [0.2, 0.25) is 0 Å². The van der Waals surface area contributed by atoms with Crippen molar-refractivity contribution in [2.24, 2.45) is 23.7 Å². The van der Waals surface area contributed by atoms with Crippen LogP contribution in [-0.2, 0) is 0 Å². The summed E-state index contributed by atoms with van der Waals surface area (Å²) in [6, 6.07) is 0. The molecule has 0 bridgehead atoms. The fraction of sp³-hybridized carbons (Fsp3) is 1.00. The topological polar surface area (TPSA) is 0 Å². The van der Waals surface area contributed by atoms with Crippen LogP contribution in [-0.4, -0.2) is 0 Å². The molecule has 0 unspecified atom stereocenters. The molecule has 0 rings (SSSR count). The molecule has 0 aromatic heterocycles. The highest BCUT2D eigenvalue weighted by Gasteiger charge is 1.96. The van der Waals surface area contributed by atoms with Crippen molar-refractivity contribution in [3.05, 3.63) is 0 Å². The summed E-state index contributed by atoms with van der Waals surface area (Å²) in [4.78, 5) is 0. The van der Waals surface area contributed by atoms with Crippen LogP contribution in [0.1, 0.15) is 101 Å². The van der Waals surface area contributed by atoms with Gasteiger partial charge in [0.15, 0.2) is 0 Å². The first-order chi connectivity index (χ1) is 8.67. The van der Waals surface area contributed by atoms with Gasteiger partial charge in [0.1, 0.15) is 0 Å². The highest BCUT2D eigenvalue weighted by Crippen LogP contribution is 2.08. The minimum Gasteiger partial charge on any atom is -0.0654 e. The van der Waals surface area contributed by atoms with Crippen LogP contribution in [0.15, 0.2) is 0 Å². The van der Waals surface area contributed by atoms with E-state index in [1.165, 1.54) is 32.1 Å². The second-order valence-electron chi connectivity index (χ2n) is 7.40. The zero-order chi connectivity index (χ0) is 15.8. The SMILES string of the molecule is CC(C)CC(C)C.CC(C)CC(C)C.CCCCC. The van der Waals surface area contributed by atoms with Crippen molar-refractivity contribution in [3.8, 4) is 0 Å². The third-order valence-electron chi connectivity index (χ3n) is 2.59. The van der Waals surface area contributed by atoms with Crippen LogP contribution in [0.3, 0.4) is 0 Å². The van der Waals surface area contributed by atoms with Crippen LogP contribution in [0, 0.1) is 23.7 Å². The molecule has 0 radical (unpaired) electrons. The van der Waals surface area contributed by atoms with Crippen molar-refractivity contribution in [1.29, 1.82) is 0 Å². The molecule has 0 aliphatic carbocycles. The van der Waals surface area contributed by atoms with E-state index in [1.807, 2.05) is 0 Å². The lowest BCUT2D eigenvalue weighted by Gasteiger charge is -2.05. The van der Waals surface area contributed by atoms with Crippen molar-refractivity contribution in [1.82, 2.24) is 0 Å². The lowest BCUT2D eigenvalue weighted by atomic mass is 10.0. The normalized spacial score (nSPS) is 10.4. The van der Waals surface area contributed by atoms with Crippen LogP contribution in [0.4, 0.5) is 0 Å². The quantitative estimate of drug-likeness (QED) is 0.467. The second-order valence-corrected chi connectivity index (χ2v) is 7.40. The van der Waals surface area contributed by atoms with Crippen molar-refractivity contribution in [2.75, 3.05) is 0 Å². The van der Waals surface area contributed by atoms with E-state index in [9.17, 15) is 0 Å². The predicted molar refractivity (Wildman–Crippen MR) is 93.8 cm³/mol. The van der Waals surface area contributed by atoms with E-state index in [0.717, 1.165) is 23.7 Å². The van der Waals surface area contributed by atoms with Crippen LogP contribution in [0.25, 0.3) is 0 Å². The van der Waals surface area contributed by atoms with Gasteiger partial charge >= 0.3 is 0 Å². The zero-order valence-electron chi connectivity index (χ0n) is 15.8. The first-order valence-electron chi connectivity index (χ1n) is 8.67. The van der Waals surface area contributed by atoms with E-state index in [1.54, 1.807) is 0 Å². The molecule has 0 saturated heterocycles. The fourth-order valence-electron chi connectivity index (χ4n) is 2.24. The maximum atomic E-state index is 2.26. The number of rotatable bonds is 6. The molecule has 0 aliphatic rings. The Morgan fingerprint density at radius 2 is 0.684 bits per heavy atom. The van der Waals surface area contributed by atoms with Gasteiger partial charge in [0.2, 0.25) is 0 Å². The molecule has 0 aliphatic heterocycles. The Hall–Kier alpha value is 0. The average molecular weight is 273 g/mol. The maximum Gasteiger partial charge on any atom is -0.0469 e. The smallest absolute Gasteiger partial charge is 0.0469 e. The second kappa shape index (κ2) is 18.0. The Kier molecular flexibility index (Phi) is 22.8. The minimum absolute atomic E-state index is 0.875. The van der Waals surface area contributed by atoms with E-state index in [2.05, 4.69) is 69.2 Å². The van der Waals surface area contributed by atoms with Gasteiger partial charge in [0.25, 0.3) is 0 Å². The van der Waals surface area contributed by atoms with Gasteiger partial charge in [0.05, 0.1) is 0 Å². The zero-order valence-corrected chi connectivity index (χ0v) is 15.8. The molecular weight excluding hydrogens is 228 g/mol. The molecule has 0 heterocycles. The van der Waals surface area contributed by atoms with Crippen LogP contribution >= 0.6 is 0 Å². The van der Waals surface area contributed by atoms with Crippen LogP contribution in [0.5, 0.6) is 0 Å². The summed E-state index contributed by atoms with van der Waals surface area (Å²) in [5.74, 6) is 3.50. The van der Waals surface area contributed by atoms with Gasteiger partial charge in [-0.15, -0.1) is 0 Å². The largest absolute Gasteiger partial charge is 0.0654 e. The van der Waals surface area contributed by atoms with E-state index in [-0.39, 0.29) is 0 Å². The molecule has 0 spiro atoms. The molecule has 0 N–H and O–H groups in total. The predicted octanol–water partition coefficient (Wildman–Crippen LogP) is 7.57. The van der Waals surface area contributed by atoms with E-state index < -0.39 is 0 Å². The molecule has 0 nitrogen and oxygen atoms in total. The van der Waals surface area contributed by atoms with Gasteiger partial charge in [0, 0.05) is 0 Å². The van der Waals surface area contributed by atoms with Crippen molar-refractivity contribution < 1.29 is 0 Å². The van der Waals surface area contributed by atoms with Crippen molar-refractivity contribution in [3.63, 3.8) is 0 Å². The summed E-state index contributed by atoms with van der Waals surface area (Å²) in [7, 11) is 0. The molecule has 0 saturated carbocycles. The number of hydrogen-bond acceptors (Lipinski definition) is 0. The minimum atomic E-state index is 0.875. The summed E-state index contributed by atoms with van der Waals surface area (Å²) in [6.07, 6.45) is 6.80. The van der Waals surface area contributed by atoms with Crippen molar-refractivity contribution in [2.45, 2.75) is 101 Å². The molecular formula is C19H44. The Morgan fingerprint density at radius 3 is 0.684 bits per heavy atom. The molecule has 0 fully saturated rings. The van der Waals surface area contributed by atoms with E-state index in [4.69, 9.17) is 0 Å². The summed E-state index contributed by atoms with van der Waals surface area (Å²) < 4.78 is 0. The first-order valence-corrected chi connectivity index (χ1v) is 8.67. The molecule has 19 heavy (non-hydrogen) atoms. The maximum absolute atomic E-state index is 2.26. The van der Waals surface area contributed by atoms with E-state index >= 15 is 0 Å². The van der Waals surface area contributed by atoms with Gasteiger partial charge in [-0.2, -0.15) is 0 Å². The Bertz CT molecular complexity index is 103. The van der Waals surface area contributed by atoms with Crippen LogP contribution < -0.4 is 0 Å². The van der Waals surface area contributed by atoms with Gasteiger partial charge in [-0.1, -0.05) is 88.5 Å². The molecule has 120 valence electrons. The van der Waals surface area contributed by atoms with Gasteiger partial charge in [-0.3, -0.25) is 0 Å². The highest BCUT2D eigenvalue weighted by molar-refractivity contribution is 4.48. The van der Waals surface area contributed by atoms with E-state index in [0.29, 0.717) is 0 Å².